The van der Waals surface area contributed by atoms with E-state index in [2.05, 4.69) is 4.98 Å². The van der Waals surface area contributed by atoms with Crippen molar-refractivity contribution < 1.29 is 17.5 Å². The van der Waals surface area contributed by atoms with Crippen LogP contribution in [-0.2, 0) is 16.4 Å². The SMILES string of the molecule is COc1ccc2[nH]c3c(c2c1)CCN(S(=O)(=O)c1ccc(F)c(Cl)c1)[C@@H]3C. The van der Waals surface area contributed by atoms with E-state index in [9.17, 15) is 12.8 Å². The summed E-state index contributed by atoms with van der Waals surface area (Å²) in [6.07, 6.45) is 0.570. The fourth-order valence-electron chi connectivity index (χ4n) is 3.66. The van der Waals surface area contributed by atoms with Crippen LogP contribution in [0.4, 0.5) is 4.39 Å². The van der Waals surface area contributed by atoms with Crippen LogP contribution in [0.2, 0.25) is 5.02 Å². The summed E-state index contributed by atoms with van der Waals surface area (Å²) in [4.78, 5) is 3.33. The van der Waals surface area contributed by atoms with E-state index in [1.54, 1.807) is 7.11 Å². The summed E-state index contributed by atoms with van der Waals surface area (Å²) in [5.74, 6) is 0.113. The van der Waals surface area contributed by atoms with Gasteiger partial charge < -0.3 is 9.72 Å². The van der Waals surface area contributed by atoms with Crippen molar-refractivity contribution in [2.75, 3.05) is 13.7 Å². The molecule has 1 N–H and O–H groups in total. The number of nitrogens with zero attached hydrogens (tertiary/aromatic N) is 1. The highest BCUT2D eigenvalue weighted by Crippen LogP contribution is 2.38. The molecular weight excluding hydrogens is 391 g/mol. The molecule has 5 nitrogen and oxygen atoms in total. The maximum absolute atomic E-state index is 13.4. The molecule has 0 spiro atoms. The molecule has 3 aromatic rings. The molecule has 1 aliphatic heterocycles. The molecule has 1 atom stereocenters. The average Bonchev–Trinajstić information content (AvgIpc) is 3.02. The lowest BCUT2D eigenvalue weighted by Gasteiger charge is -2.32. The van der Waals surface area contributed by atoms with E-state index >= 15 is 0 Å². The number of H-pyrrole nitrogens is 1. The molecule has 0 aliphatic carbocycles. The summed E-state index contributed by atoms with van der Waals surface area (Å²) in [5.41, 5.74) is 2.90. The van der Waals surface area contributed by atoms with Gasteiger partial charge in [0.1, 0.15) is 11.6 Å². The second-order valence-corrected chi connectivity index (χ2v) is 8.84. The fraction of sp³-hybridized carbons (Fsp3) is 0.263. The Bertz CT molecular complexity index is 1140. The maximum Gasteiger partial charge on any atom is 0.243 e. The van der Waals surface area contributed by atoms with E-state index in [4.69, 9.17) is 16.3 Å². The van der Waals surface area contributed by atoms with Gasteiger partial charge in [-0.05, 0) is 55.3 Å². The topological polar surface area (TPSA) is 62.4 Å². The van der Waals surface area contributed by atoms with E-state index < -0.39 is 15.8 Å². The fourth-order valence-corrected chi connectivity index (χ4v) is 5.54. The number of benzene rings is 2. The largest absolute Gasteiger partial charge is 0.497 e. The van der Waals surface area contributed by atoms with E-state index in [-0.39, 0.29) is 16.0 Å². The second-order valence-electron chi connectivity index (χ2n) is 6.55. The molecule has 8 heteroatoms. The molecule has 2 heterocycles. The van der Waals surface area contributed by atoms with Gasteiger partial charge in [0, 0.05) is 23.1 Å². The zero-order valence-corrected chi connectivity index (χ0v) is 16.4. The summed E-state index contributed by atoms with van der Waals surface area (Å²) in [7, 11) is -2.19. The molecule has 2 aromatic carbocycles. The van der Waals surface area contributed by atoms with Crippen LogP contribution in [0, 0.1) is 5.82 Å². The lowest BCUT2D eigenvalue weighted by atomic mass is 10.0. The van der Waals surface area contributed by atoms with Gasteiger partial charge in [-0.1, -0.05) is 11.6 Å². The summed E-state index contributed by atoms with van der Waals surface area (Å²) in [5, 5.41) is 0.831. The number of aromatic nitrogens is 1. The van der Waals surface area contributed by atoms with Gasteiger partial charge in [-0.2, -0.15) is 4.31 Å². The molecule has 1 aromatic heterocycles. The Morgan fingerprint density at radius 3 is 2.74 bits per heavy atom. The van der Waals surface area contributed by atoms with Gasteiger partial charge in [-0.15, -0.1) is 0 Å². The number of methoxy groups -OCH3 is 1. The molecule has 142 valence electrons. The Balaban J connectivity index is 1.76. The Hall–Kier alpha value is -2.09. The van der Waals surface area contributed by atoms with Crippen LogP contribution in [-0.4, -0.2) is 31.4 Å². The minimum atomic E-state index is -3.81. The van der Waals surface area contributed by atoms with Gasteiger partial charge in [0.15, 0.2) is 0 Å². The summed E-state index contributed by atoms with van der Waals surface area (Å²) in [6, 6.07) is 8.84. The van der Waals surface area contributed by atoms with Gasteiger partial charge in [0.05, 0.1) is 23.1 Å². The first kappa shape index (κ1) is 18.3. The zero-order chi connectivity index (χ0) is 19.3. The Morgan fingerprint density at radius 1 is 1.26 bits per heavy atom. The molecule has 0 saturated heterocycles. The van der Waals surface area contributed by atoms with Gasteiger partial charge in [-0.3, -0.25) is 0 Å². The number of hydrogen-bond acceptors (Lipinski definition) is 3. The monoisotopic (exact) mass is 408 g/mol. The minimum absolute atomic E-state index is 0.0121. The van der Waals surface area contributed by atoms with Crippen molar-refractivity contribution in [3.63, 3.8) is 0 Å². The van der Waals surface area contributed by atoms with Crippen molar-refractivity contribution in [1.29, 1.82) is 0 Å². The molecule has 0 saturated carbocycles. The molecule has 0 unspecified atom stereocenters. The minimum Gasteiger partial charge on any atom is -0.497 e. The van der Waals surface area contributed by atoms with Gasteiger partial charge in [-0.25, -0.2) is 12.8 Å². The van der Waals surface area contributed by atoms with Crippen LogP contribution in [0.1, 0.15) is 24.2 Å². The van der Waals surface area contributed by atoms with E-state index in [0.717, 1.165) is 40.0 Å². The lowest BCUT2D eigenvalue weighted by Crippen LogP contribution is -2.38. The van der Waals surface area contributed by atoms with Crippen LogP contribution >= 0.6 is 11.6 Å². The molecular formula is C19H18ClFN2O3S. The van der Waals surface area contributed by atoms with E-state index in [1.807, 2.05) is 25.1 Å². The van der Waals surface area contributed by atoms with Crippen LogP contribution in [0.3, 0.4) is 0 Å². The number of ether oxygens (including phenoxy) is 1. The molecule has 27 heavy (non-hydrogen) atoms. The molecule has 0 radical (unpaired) electrons. The number of aromatic amines is 1. The van der Waals surface area contributed by atoms with Crippen LogP contribution in [0.25, 0.3) is 10.9 Å². The van der Waals surface area contributed by atoms with Crippen LogP contribution in [0.5, 0.6) is 5.75 Å². The van der Waals surface area contributed by atoms with E-state index in [1.165, 1.54) is 10.4 Å². The molecule has 0 amide bonds. The summed E-state index contributed by atoms with van der Waals surface area (Å²) in [6.45, 7) is 2.17. The highest BCUT2D eigenvalue weighted by Gasteiger charge is 2.36. The number of hydrogen-bond donors (Lipinski definition) is 1. The third kappa shape index (κ3) is 2.90. The number of nitrogens with one attached hydrogen (secondary N) is 1. The lowest BCUT2D eigenvalue weighted by molar-refractivity contribution is 0.322. The van der Waals surface area contributed by atoms with Crippen molar-refractivity contribution in [2.24, 2.45) is 0 Å². The van der Waals surface area contributed by atoms with Gasteiger partial charge in [0.25, 0.3) is 0 Å². The normalized spacial score (nSPS) is 17.9. The van der Waals surface area contributed by atoms with Crippen molar-refractivity contribution in [3.8, 4) is 5.75 Å². The molecule has 4 rings (SSSR count). The maximum atomic E-state index is 13.4. The molecule has 1 aliphatic rings. The quantitative estimate of drug-likeness (QED) is 0.703. The first-order valence-electron chi connectivity index (χ1n) is 8.48. The van der Waals surface area contributed by atoms with Crippen molar-refractivity contribution in [1.82, 2.24) is 9.29 Å². The summed E-state index contributed by atoms with van der Waals surface area (Å²) >= 11 is 5.78. The van der Waals surface area contributed by atoms with E-state index in [0.29, 0.717) is 13.0 Å². The second kappa shape index (κ2) is 6.51. The summed E-state index contributed by atoms with van der Waals surface area (Å²) < 4.78 is 46.3. The first-order valence-corrected chi connectivity index (χ1v) is 10.3. The Kier molecular flexibility index (Phi) is 4.41. The Morgan fingerprint density at radius 2 is 2.04 bits per heavy atom. The predicted octanol–water partition coefficient (Wildman–Crippen LogP) is 4.28. The number of rotatable bonds is 3. The highest BCUT2D eigenvalue weighted by atomic mass is 35.5. The van der Waals surface area contributed by atoms with Gasteiger partial charge >= 0.3 is 0 Å². The highest BCUT2D eigenvalue weighted by molar-refractivity contribution is 7.89. The number of fused-ring (bicyclic) bond motifs is 3. The van der Waals surface area contributed by atoms with Crippen molar-refractivity contribution in [2.45, 2.75) is 24.3 Å². The third-order valence-corrected chi connectivity index (χ3v) is 7.33. The van der Waals surface area contributed by atoms with Crippen molar-refractivity contribution in [3.05, 3.63) is 58.5 Å². The van der Waals surface area contributed by atoms with Crippen LogP contribution < -0.4 is 4.74 Å². The Labute approximate surface area is 161 Å². The van der Waals surface area contributed by atoms with Crippen LogP contribution in [0.15, 0.2) is 41.3 Å². The smallest absolute Gasteiger partial charge is 0.243 e. The average molecular weight is 409 g/mol. The number of halogens is 2. The third-order valence-electron chi connectivity index (χ3n) is 5.08. The zero-order valence-electron chi connectivity index (χ0n) is 14.8. The first-order chi connectivity index (χ1) is 12.8. The number of sulfonamides is 1. The van der Waals surface area contributed by atoms with Gasteiger partial charge in [0.2, 0.25) is 10.0 Å². The molecule has 0 fully saturated rings. The van der Waals surface area contributed by atoms with Crippen molar-refractivity contribution >= 4 is 32.5 Å². The standard InChI is InChI=1S/C19H18ClFN2O3S/c1-11-19-14(15-9-12(26-2)3-6-18(15)22-19)7-8-23(11)27(24,25)13-4-5-17(21)16(20)10-13/h3-6,9-11,22H,7-8H2,1-2H3/t11-/m1/s1. The predicted molar refractivity (Wildman–Crippen MR) is 102 cm³/mol. The molecule has 0 bridgehead atoms.